The number of H-pyrrole nitrogens is 1. The summed E-state index contributed by atoms with van der Waals surface area (Å²) in [5, 5.41) is 16.2. The molecule has 4 rings (SSSR count). The number of aliphatic carboxylic acids is 1. The lowest BCUT2D eigenvalue weighted by Crippen LogP contribution is -2.56. The topological polar surface area (TPSA) is 141 Å². The highest BCUT2D eigenvalue weighted by Crippen LogP contribution is 2.21. The van der Waals surface area contributed by atoms with Crippen LogP contribution in [0.2, 0.25) is 0 Å². The molecule has 0 saturated carbocycles. The first-order valence-corrected chi connectivity index (χ1v) is 13.6. The molecule has 3 unspecified atom stereocenters. The average molecular weight is 549 g/mol. The molecule has 0 bridgehead atoms. The highest BCUT2D eigenvalue weighted by Gasteiger charge is 2.37. The third-order valence-electron chi connectivity index (χ3n) is 7.05. The van der Waals surface area contributed by atoms with E-state index in [-0.39, 0.29) is 18.9 Å². The highest BCUT2D eigenvalue weighted by molar-refractivity contribution is 5.93. The number of amides is 3. The van der Waals surface area contributed by atoms with Crippen molar-refractivity contribution in [3.05, 3.63) is 71.9 Å². The number of para-hydroxylation sites is 1. The molecule has 1 saturated heterocycles. The first-order chi connectivity index (χ1) is 19.2. The van der Waals surface area contributed by atoms with E-state index in [9.17, 15) is 24.3 Å². The molecule has 212 valence electrons. The fourth-order valence-corrected chi connectivity index (χ4v) is 5.02. The number of aromatic nitrogens is 1. The van der Waals surface area contributed by atoms with Crippen LogP contribution in [0.4, 0.5) is 4.79 Å². The standard InChI is InChI=1S/C30H36N4O6/c1-19(2)15-24(27(35)33-25(29(37)38)16-21-17-31-23-12-7-6-11-22(21)23)32-28(36)26-13-8-14-34(26)30(39)40-18-20-9-4-3-5-10-20/h3-7,9-12,17,19,24-26,31H,8,13-16,18H2,1-2H3,(H,32,36)(H,33,35)(H,37,38). The second kappa shape index (κ2) is 13.1. The van der Waals surface area contributed by atoms with Gasteiger partial charge < -0.3 is 25.5 Å². The number of carboxylic acids is 1. The first-order valence-electron chi connectivity index (χ1n) is 13.6. The van der Waals surface area contributed by atoms with Gasteiger partial charge in [0.1, 0.15) is 24.7 Å². The average Bonchev–Trinajstić information content (AvgIpc) is 3.59. The van der Waals surface area contributed by atoms with Crippen molar-refractivity contribution in [1.82, 2.24) is 20.5 Å². The summed E-state index contributed by atoms with van der Waals surface area (Å²) in [6.45, 7) is 4.29. The molecule has 3 aromatic rings. The number of carbonyl (C=O) groups excluding carboxylic acids is 3. The molecule has 0 spiro atoms. The van der Waals surface area contributed by atoms with Crippen molar-refractivity contribution in [2.24, 2.45) is 5.92 Å². The van der Waals surface area contributed by atoms with Crippen LogP contribution < -0.4 is 10.6 Å². The maximum atomic E-state index is 13.3. The highest BCUT2D eigenvalue weighted by atomic mass is 16.6. The number of likely N-dealkylation sites (tertiary alicyclic amines) is 1. The Labute approximate surface area is 233 Å². The van der Waals surface area contributed by atoms with E-state index < -0.39 is 42.0 Å². The van der Waals surface area contributed by atoms with Crippen molar-refractivity contribution in [3.8, 4) is 0 Å². The summed E-state index contributed by atoms with van der Waals surface area (Å²) in [5.74, 6) is -2.16. The number of benzene rings is 2. The second-order valence-electron chi connectivity index (χ2n) is 10.5. The molecule has 1 fully saturated rings. The summed E-state index contributed by atoms with van der Waals surface area (Å²) >= 11 is 0. The van der Waals surface area contributed by atoms with Crippen molar-refractivity contribution in [1.29, 1.82) is 0 Å². The van der Waals surface area contributed by atoms with Gasteiger partial charge in [0, 0.05) is 30.1 Å². The zero-order valence-electron chi connectivity index (χ0n) is 22.8. The van der Waals surface area contributed by atoms with Crippen LogP contribution in [0.15, 0.2) is 60.8 Å². The van der Waals surface area contributed by atoms with Crippen molar-refractivity contribution in [2.45, 2.75) is 64.3 Å². The second-order valence-corrected chi connectivity index (χ2v) is 10.5. The van der Waals surface area contributed by atoms with Gasteiger partial charge in [0.2, 0.25) is 11.8 Å². The maximum Gasteiger partial charge on any atom is 0.410 e. The van der Waals surface area contributed by atoms with Crippen LogP contribution in [0, 0.1) is 5.92 Å². The number of carbonyl (C=O) groups is 4. The molecule has 1 aliphatic heterocycles. The Morgan fingerprint density at radius 2 is 1.75 bits per heavy atom. The minimum Gasteiger partial charge on any atom is -0.480 e. The lowest BCUT2D eigenvalue weighted by Gasteiger charge is -2.27. The van der Waals surface area contributed by atoms with E-state index in [4.69, 9.17) is 4.74 Å². The van der Waals surface area contributed by atoms with Gasteiger partial charge in [0.05, 0.1) is 0 Å². The third-order valence-corrected chi connectivity index (χ3v) is 7.05. The Morgan fingerprint density at radius 1 is 1.02 bits per heavy atom. The van der Waals surface area contributed by atoms with Gasteiger partial charge >= 0.3 is 12.1 Å². The maximum absolute atomic E-state index is 13.3. The third kappa shape index (κ3) is 7.19. The SMILES string of the molecule is CC(C)CC(NC(=O)C1CCCN1C(=O)OCc1ccccc1)C(=O)NC(Cc1c[nH]c2ccccc12)C(=O)O. The van der Waals surface area contributed by atoms with Crippen molar-refractivity contribution < 1.29 is 29.0 Å². The van der Waals surface area contributed by atoms with E-state index in [1.54, 1.807) is 6.20 Å². The van der Waals surface area contributed by atoms with Crippen LogP contribution >= 0.6 is 0 Å². The van der Waals surface area contributed by atoms with Crippen molar-refractivity contribution >= 4 is 34.8 Å². The first kappa shape index (κ1) is 28.7. The summed E-state index contributed by atoms with van der Waals surface area (Å²) < 4.78 is 5.43. The Balaban J connectivity index is 1.40. The van der Waals surface area contributed by atoms with Gasteiger partial charge in [-0.3, -0.25) is 14.5 Å². The number of hydrogen-bond acceptors (Lipinski definition) is 5. The number of nitrogens with zero attached hydrogens (tertiary/aromatic N) is 1. The Bertz CT molecular complexity index is 1340. The number of nitrogens with one attached hydrogen (secondary N) is 3. The number of fused-ring (bicyclic) bond motifs is 1. The molecule has 0 radical (unpaired) electrons. The Kier molecular flexibility index (Phi) is 9.42. The zero-order valence-corrected chi connectivity index (χ0v) is 22.8. The quantitative estimate of drug-likeness (QED) is 0.289. The summed E-state index contributed by atoms with van der Waals surface area (Å²) in [4.78, 5) is 56.0. The molecule has 3 amide bonds. The molecule has 3 atom stereocenters. The van der Waals surface area contributed by atoms with E-state index >= 15 is 0 Å². The van der Waals surface area contributed by atoms with Crippen LogP contribution in [0.25, 0.3) is 10.9 Å². The van der Waals surface area contributed by atoms with Gasteiger partial charge in [-0.05, 0) is 42.4 Å². The fraction of sp³-hybridized carbons (Fsp3) is 0.400. The van der Waals surface area contributed by atoms with Crippen LogP contribution in [-0.4, -0.2) is 63.5 Å². The molecule has 10 nitrogen and oxygen atoms in total. The lowest BCUT2D eigenvalue weighted by molar-refractivity contribution is -0.142. The largest absolute Gasteiger partial charge is 0.480 e. The number of carboxylic acid groups (broad SMARTS) is 1. The fourth-order valence-electron chi connectivity index (χ4n) is 5.02. The van der Waals surface area contributed by atoms with Gasteiger partial charge in [0.25, 0.3) is 0 Å². The predicted molar refractivity (Wildman–Crippen MR) is 149 cm³/mol. The summed E-state index contributed by atoms with van der Waals surface area (Å²) in [7, 11) is 0. The van der Waals surface area contributed by atoms with Crippen LogP contribution in [0.3, 0.4) is 0 Å². The van der Waals surface area contributed by atoms with E-state index in [1.165, 1.54) is 4.90 Å². The monoisotopic (exact) mass is 548 g/mol. The summed E-state index contributed by atoms with van der Waals surface area (Å²) in [5.41, 5.74) is 2.48. The van der Waals surface area contributed by atoms with Gasteiger partial charge in [-0.2, -0.15) is 0 Å². The molecule has 2 heterocycles. The molecule has 1 aliphatic rings. The van der Waals surface area contributed by atoms with Gasteiger partial charge in [0.15, 0.2) is 0 Å². The predicted octanol–water partition coefficient (Wildman–Crippen LogP) is 3.61. The molecule has 10 heteroatoms. The molecule has 1 aromatic heterocycles. The number of ether oxygens (including phenoxy) is 1. The van der Waals surface area contributed by atoms with Gasteiger partial charge in [-0.25, -0.2) is 9.59 Å². The normalized spacial score (nSPS) is 16.5. The summed E-state index contributed by atoms with van der Waals surface area (Å²) in [6, 6.07) is 13.9. The van der Waals surface area contributed by atoms with Crippen LogP contribution in [0.1, 0.15) is 44.2 Å². The number of hydrogen-bond donors (Lipinski definition) is 4. The van der Waals surface area contributed by atoms with E-state index in [1.807, 2.05) is 68.4 Å². The van der Waals surface area contributed by atoms with Gasteiger partial charge in [-0.1, -0.05) is 62.4 Å². The van der Waals surface area contributed by atoms with Crippen LogP contribution in [-0.2, 0) is 32.1 Å². The minimum absolute atomic E-state index is 0.0449. The molecular formula is C30H36N4O6. The number of rotatable bonds is 11. The van der Waals surface area contributed by atoms with E-state index in [2.05, 4.69) is 15.6 Å². The van der Waals surface area contributed by atoms with Gasteiger partial charge in [-0.15, -0.1) is 0 Å². The smallest absolute Gasteiger partial charge is 0.410 e. The lowest BCUT2D eigenvalue weighted by atomic mass is 10.0. The molecule has 40 heavy (non-hydrogen) atoms. The Morgan fingerprint density at radius 3 is 2.48 bits per heavy atom. The van der Waals surface area contributed by atoms with Crippen molar-refractivity contribution in [2.75, 3.05) is 6.54 Å². The molecule has 4 N–H and O–H groups in total. The van der Waals surface area contributed by atoms with Crippen LogP contribution in [0.5, 0.6) is 0 Å². The molecular weight excluding hydrogens is 512 g/mol. The molecule has 2 aromatic carbocycles. The number of aromatic amines is 1. The van der Waals surface area contributed by atoms with Crippen molar-refractivity contribution in [3.63, 3.8) is 0 Å². The van der Waals surface area contributed by atoms with E-state index in [0.29, 0.717) is 25.8 Å². The zero-order chi connectivity index (χ0) is 28.6. The Hall–Kier alpha value is -4.34. The minimum atomic E-state index is -1.19. The summed E-state index contributed by atoms with van der Waals surface area (Å²) in [6.07, 6.45) is 2.62. The van der Waals surface area contributed by atoms with E-state index in [0.717, 1.165) is 22.0 Å². The molecule has 0 aliphatic carbocycles.